The van der Waals surface area contributed by atoms with Crippen LogP contribution in [0.1, 0.15) is 25.6 Å². The number of anilines is 1. The molecule has 1 aromatic heterocycles. The first-order chi connectivity index (χ1) is 12.7. The Morgan fingerprint density at radius 1 is 1.04 bits per heavy atom. The van der Waals surface area contributed by atoms with Crippen molar-refractivity contribution in [2.45, 2.75) is 6.61 Å². The highest BCUT2D eigenvalue weighted by atomic mass is 32.1. The molecule has 2 heterocycles. The Bertz CT molecular complexity index is 993. The van der Waals surface area contributed by atoms with Crippen LogP contribution in [0.25, 0.3) is 10.4 Å². The number of carbonyl (C=O) groups excluding carboxylic acids is 2. The van der Waals surface area contributed by atoms with Crippen molar-refractivity contribution in [3.05, 3.63) is 70.6 Å². The quantitative estimate of drug-likeness (QED) is 0.740. The molecule has 0 spiro atoms. The molecule has 2 N–H and O–H groups in total. The summed E-state index contributed by atoms with van der Waals surface area (Å²) in [5.74, 6) is 0.514. The minimum Gasteiger partial charge on any atom is -0.488 e. The third-order valence-corrected chi connectivity index (χ3v) is 5.39. The van der Waals surface area contributed by atoms with Gasteiger partial charge in [0.1, 0.15) is 12.4 Å². The summed E-state index contributed by atoms with van der Waals surface area (Å²) >= 11 is 1.46. The number of amides is 2. The Morgan fingerprint density at radius 3 is 2.58 bits per heavy atom. The van der Waals surface area contributed by atoms with Gasteiger partial charge in [-0.3, -0.25) is 9.59 Å². The lowest BCUT2D eigenvalue weighted by atomic mass is 10.1. The Kier molecular flexibility index (Phi) is 4.18. The van der Waals surface area contributed by atoms with Crippen LogP contribution in [-0.4, -0.2) is 18.9 Å². The molecule has 6 heteroatoms. The maximum Gasteiger partial charge on any atom is 0.265 e. The van der Waals surface area contributed by atoms with Crippen molar-refractivity contribution in [3.63, 3.8) is 0 Å². The van der Waals surface area contributed by atoms with Crippen molar-refractivity contribution in [1.82, 2.24) is 5.32 Å². The summed E-state index contributed by atoms with van der Waals surface area (Å²) in [6.45, 7) is 0.469. The molecule has 3 aromatic rings. The van der Waals surface area contributed by atoms with Crippen molar-refractivity contribution < 1.29 is 14.3 Å². The van der Waals surface area contributed by atoms with Gasteiger partial charge in [0.25, 0.3) is 11.8 Å². The maximum atomic E-state index is 12.6. The standard InChI is InChI=1S/C20H16N2O3S/c1-21-19(23)12-6-8-14(9-7-12)22-20(24)17-10-13-11-25-16-5-3-2-4-15(16)18(13)26-17/h2-10H,11H2,1H3,(H,21,23)(H,22,24). The normalized spacial score (nSPS) is 11.7. The minimum atomic E-state index is -0.172. The van der Waals surface area contributed by atoms with Crippen molar-refractivity contribution in [2.75, 3.05) is 12.4 Å². The predicted octanol–water partition coefficient (Wildman–Crippen LogP) is 3.92. The van der Waals surface area contributed by atoms with Gasteiger partial charge in [-0.2, -0.15) is 0 Å². The number of rotatable bonds is 3. The second-order valence-electron chi connectivity index (χ2n) is 5.86. The van der Waals surface area contributed by atoms with Crippen molar-refractivity contribution in [2.24, 2.45) is 0 Å². The number of hydrogen-bond acceptors (Lipinski definition) is 4. The Labute approximate surface area is 154 Å². The van der Waals surface area contributed by atoms with Gasteiger partial charge in [-0.05, 0) is 42.5 Å². The highest BCUT2D eigenvalue weighted by Gasteiger charge is 2.22. The molecule has 0 unspecified atom stereocenters. The van der Waals surface area contributed by atoms with Gasteiger partial charge >= 0.3 is 0 Å². The van der Waals surface area contributed by atoms with E-state index in [-0.39, 0.29) is 11.8 Å². The van der Waals surface area contributed by atoms with E-state index in [1.54, 1.807) is 31.3 Å². The van der Waals surface area contributed by atoms with E-state index >= 15 is 0 Å². The van der Waals surface area contributed by atoms with Crippen LogP contribution in [0.4, 0.5) is 5.69 Å². The minimum absolute atomic E-state index is 0.160. The van der Waals surface area contributed by atoms with Crippen molar-refractivity contribution in [3.8, 4) is 16.2 Å². The van der Waals surface area contributed by atoms with Crippen LogP contribution in [0, 0.1) is 0 Å². The average Bonchev–Trinajstić information content (AvgIpc) is 3.13. The van der Waals surface area contributed by atoms with Gasteiger partial charge < -0.3 is 15.4 Å². The second-order valence-corrected chi connectivity index (χ2v) is 6.91. The van der Waals surface area contributed by atoms with Crippen molar-refractivity contribution in [1.29, 1.82) is 0 Å². The fourth-order valence-electron chi connectivity index (χ4n) is 2.85. The summed E-state index contributed by atoms with van der Waals surface area (Å²) < 4.78 is 5.74. The number of thiophene rings is 1. The van der Waals surface area contributed by atoms with Gasteiger partial charge in [-0.15, -0.1) is 11.3 Å². The Balaban J connectivity index is 1.55. The average molecular weight is 364 g/mol. The molecular weight excluding hydrogens is 348 g/mol. The molecule has 0 fully saturated rings. The fraction of sp³-hybridized carbons (Fsp3) is 0.100. The van der Waals surface area contributed by atoms with Gasteiger partial charge in [0.05, 0.1) is 4.88 Å². The summed E-state index contributed by atoms with van der Waals surface area (Å²) in [6, 6.07) is 16.5. The van der Waals surface area contributed by atoms with E-state index in [0.717, 1.165) is 21.8 Å². The second kappa shape index (κ2) is 6.65. The lowest BCUT2D eigenvalue weighted by molar-refractivity contribution is 0.0962. The van der Waals surface area contributed by atoms with E-state index in [0.29, 0.717) is 22.7 Å². The van der Waals surface area contributed by atoms with E-state index in [1.807, 2.05) is 30.3 Å². The summed E-state index contributed by atoms with van der Waals surface area (Å²) in [7, 11) is 1.58. The molecule has 0 atom stereocenters. The van der Waals surface area contributed by atoms with Crippen LogP contribution >= 0.6 is 11.3 Å². The third kappa shape index (κ3) is 2.95. The predicted molar refractivity (Wildman–Crippen MR) is 102 cm³/mol. The Hall–Kier alpha value is -3.12. The lowest BCUT2D eigenvalue weighted by Crippen LogP contribution is -2.17. The molecule has 5 nitrogen and oxygen atoms in total. The molecule has 0 saturated carbocycles. The largest absolute Gasteiger partial charge is 0.488 e. The van der Waals surface area contributed by atoms with Gasteiger partial charge in [-0.25, -0.2) is 0 Å². The number of para-hydroxylation sites is 1. The molecule has 2 aromatic carbocycles. The number of benzene rings is 2. The zero-order valence-electron chi connectivity index (χ0n) is 14.0. The molecule has 130 valence electrons. The zero-order valence-corrected chi connectivity index (χ0v) is 14.9. The van der Waals surface area contributed by atoms with Crippen LogP contribution in [0.15, 0.2) is 54.6 Å². The van der Waals surface area contributed by atoms with Crippen LogP contribution in [0.2, 0.25) is 0 Å². The number of carbonyl (C=O) groups is 2. The SMILES string of the molecule is CNC(=O)c1ccc(NC(=O)c2cc3c(s2)-c2ccccc2OC3)cc1. The molecule has 0 saturated heterocycles. The maximum absolute atomic E-state index is 12.6. The van der Waals surface area contributed by atoms with Gasteiger partial charge in [0.2, 0.25) is 0 Å². The summed E-state index contributed by atoms with van der Waals surface area (Å²) in [4.78, 5) is 25.9. The van der Waals surface area contributed by atoms with Crippen LogP contribution < -0.4 is 15.4 Å². The van der Waals surface area contributed by atoms with E-state index in [2.05, 4.69) is 10.6 Å². The number of nitrogens with one attached hydrogen (secondary N) is 2. The summed E-state index contributed by atoms with van der Waals surface area (Å²) in [5.41, 5.74) is 3.23. The van der Waals surface area contributed by atoms with Crippen molar-refractivity contribution >= 4 is 28.8 Å². The monoisotopic (exact) mass is 364 g/mol. The highest BCUT2D eigenvalue weighted by molar-refractivity contribution is 7.17. The molecule has 2 amide bonds. The van der Waals surface area contributed by atoms with Crippen LogP contribution in [0.5, 0.6) is 5.75 Å². The molecule has 0 aliphatic carbocycles. The molecule has 0 bridgehead atoms. The highest BCUT2D eigenvalue weighted by Crippen LogP contribution is 2.42. The number of fused-ring (bicyclic) bond motifs is 3. The molecule has 1 aliphatic heterocycles. The van der Waals surface area contributed by atoms with Crippen LogP contribution in [-0.2, 0) is 6.61 Å². The van der Waals surface area contributed by atoms with E-state index in [9.17, 15) is 9.59 Å². The van der Waals surface area contributed by atoms with E-state index in [4.69, 9.17) is 4.74 Å². The number of ether oxygens (including phenoxy) is 1. The smallest absolute Gasteiger partial charge is 0.265 e. The van der Waals surface area contributed by atoms with Gasteiger partial charge in [0, 0.05) is 34.3 Å². The molecule has 26 heavy (non-hydrogen) atoms. The summed E-state index contributed by atoms with van der Waals surface area (Å²) in [6.07, 6.45) is 0. The van der Waals surface area contributed by atoms with Gasteiger partial charge in [0.15, 0.2) is 0 Å². The number of hydrogen-bond donors (Lipinski definition) is 2. The zero-order chi connectivity index (χ0) is 18.1. The molecule has 1 aliphatic rings. The van der Waals surface area contributed by atoms with Gasteiger partial charge in [-0.1, -0.05) is 12.1 Å². The Morgan fingerprint density at radius 2 is 1.81 bits per heavy atom. The fourth-order valence-corrected chi connectivity index (χ4v) is 3.95. The molecular formula is C20H16N2O3S. The lowest BCUT2D eigenvalue weighted by Gasteiger charge is -2.16. The van der Waals surface area contributed by atoms with E-state index < -0.39 is 0 Å². The molecule has 0 radical (unpaired) electrons. The first-order valence-electron chi connectivity index (χ1n) is 8.14. The summed E-state index contributed by atoms with van der Waals surface area (Å²) in [5, 5.41) is 5.44. The topological polar surface area (TPSA) is 67.4 Å². The van der Waals surface area contributed by atoms with E-state index in [1.165, 1.54) is 11.3 Å². The van der Waals surface area contributed by atoms with Crippen LogP contribution in [0.3, 0.4) is 0 Å². The molecule has 4 rings (SSSR count). The third-order valence-electron chi connectivity index (χ3n) is 4.18. The first-order valence-corrected chi connectivity index (χ1v) is 8.96. The first kappa shape index (κ1) is 16.4.